The number of nitrogens with one attached hydrogen (secondary N) is 1. The Bertz CT molecular complexity index is 907. The van der Waals surface area contributed by atoms with E-state index in [0.29, 0.717) is 5.56 Å². The van der Waals surface area contributed by atoms with Gasteiger partial charge < -0.3 is 14.9 Å². The third kappa shape index (κ3) is 3.77. The van der Waals surface area contributed by atoms with Crippen LogP contribution in [-0.2, 0) is 11.2 Å². The highest BCUT2D eigenvalue weighted by atomic mass is 16.5. The number of hydrogen-bond acceptors (Lipinski definition) is 5. The number of carboxylic acids is 1. The van der Waals surface area contributed by atoms with Gasteiger partial charge in [-0.1, -0.05) is 35.5 Å². The number of carbonyl (C=O) groups is 2. The lowest BCUT2D eigenvalue weighted by Gasteiger charge is -2.12. The number of aromatic carboxylic acids is 1. The number of hydrogen-bond donors (Lipinski definition) is 2. The first-order valence-electron chi connectivity index (χ1n) is 8.03. The van der Waals surface area contributed by atoms with Gasteiger partial charge in [0.2, 0.25) is 5.91 Å². The Hall–Kier alpha value is -3.48. The van der Waals surface area contributed by atoms with Crippen LogP contribution in [-0.4, -0.2) is 27.1 Å². The van der Waals surface area contributed by atoms with Crippen LogP contribution in [0.4, 0.5) is 0 Å². The number of nitrogens with zero attached hydrogens (tertiary/aromatic N) is 2. The van der Waals surface area contributed by atoms with Crippen molar-refractivity contribution in [3.05, 3.63) is 71.7 Å². The normalized spacial score (nSPS) is 11.7. The van der Waals surface area contributed by atoms with E-state index in [1.54, 1.807) is 25.3 Å². The first-order valence-corrected chi connectivity index (χ1v) is 8.03. The van der Waals surface area contributed by atoms with E-state index in [9.17, 15) is 14.7 Å². The fraction of sp³-hybridized carbons (Fsp3) is 0.158. The van der Waals surface area contributed by atoms with Crippen LogP contribution >= 0.6 is 0 Å². The van der Waals surface area contributed by atoms with Gasteiger partial charge in [-0.2, -0.15) is 0 Å². The van der Waals surface area contributed by atoms with Gasteiger partial charge in [0.05, 0.1) is 12.5 Å². The number of carboxylic acid groups (broad SMARTS) is 1. The highest BCUT2D eigenvalue weighted by molar-refractivity contribution is 5.96. The molecule has 2 aromatic heterocycles. The summed E-state index contributed by atoms with van der Waals surface area (Å²) >= 11 is 0. The Kier molecular flexibility index (Phi) is 5.07. The molecule has 0 aliphatic rings. The van der Waals surface area contributed by atoms with Crippen molar-refractivity contribution in [1.29, 1.82) is 0 Å². The molecule has 0 saturated carbocycles. The molecule has 0 fully saturated rings. The van der Waals surface area contributed by atoms with Crippen molar-refractivity contribution in [2.45, 2.75) is 19.4 Å². The van der Waals surface area contributed by atoms with E-state index in [1.165, 1.54) is 6.20 Å². The summed E-state index contributed by atoms with van der Waals surface area (Å²) in [7, 11) is 0. The van der Waals surface area contributed by atoms with Gasteiger partial charge >= 0.3 is 5.97 Å². The predicted octanol–water partition coefficient (Wildman–Crippen LogP) is 2.85. The molecule has 0 bridgehead atoms. The van der Waals surface area contributed by atoms with E-state index < -0.39 is 12.0 Å². The van der Waals surface area contributed by atoms with Crippen LogP contribution in [0.3, 0.4) is 0 Å². The number of pyridine rings is 1. The lowest BCUT2D eigenvalue weighted by molar-refractivity contribution is -0.121. The van der Waals surface area contributed by atoms with E-state index in [1.807, 2.05) is 30.3 Å². The van der Waals surface area contributed by atoms with Crippen molar-refractivity contribution < 1.29 is 19.2 Å². The molecule has 2 heterocycles. The summed E-state index contributed by atoms with van der Waals surface area (Å²) < 4.78 is 5.25. The van der Waals surface area contributed by atoms with Gasteiger partial charge in [0.1, 0.15) is 11.3 Å². The lowest BCUT2D eigenvalue weighted by atomic mass is 10.0. The molecule has 3 aromatic rings. The summed E-state index contributed by atoms with van der Waals surface area (Å²) in [5, 5.41) is 16.2. The van der Waals surface area contributed by atoms with Gasteiger partial charge in [-0.3, -0.25) is 9.78 Å². The Morgan fingerprint density at radius 3 is 2.62 bits per heavy atom. The molecule has 1 aromatic carbocycles. The van der Waals surface area contributed by atoms with E-state index in [0.717, 1.165) is 5.56 Å². The topological polar surface area (TPSA) is 105 Å². The summed E-state index contributed by atoms with van der Waals surface area (Å²) in [6.07, 6.45) is 3.28. The van der Waals surface area contributed by atoms with Crippen LogP contribution in [0.2, 0.25) is 0 Å². The smallest absolute Gasteiger partial charge is 0.341 e. The average molecular weight is 351 g/mol. The van der Waals surface area contributed by atoms with Gasteiger partial charge in [0.25, 0.3) is 0 Å². The van der Waals surface area contributed by atoms with Crippen molar-refractivity contribution in [3.63, 3.8) is 0 Å². The summed E-state index contributed by atoms with van der Waals surface area (Å²) in [4.78, 5) is 27.9. The molecule has 26 heavy (non-hydrogen) atoms. The second-order valence-electron chi connectivity index (χ2n) is 5.77. The molecule has 0 radical (unpaired) electrons. The molecular weight excluding hydrogens is 334 g/mol. The summed E-state index contributed by atoms with van der Waals surface area (Å²) in [5.74, 6) is -1.32. The van der Waals surface area contributed by atoms with Crippen molar-refractivity contribution in [2.75, 3.05) is 0 Å². The van der Waals surface area contributed by atoms with E-state index >= 15 is 0 Å². The zero-order valence-electron chi connectivity index (χ0n) is 14.0. The number of benzene rings is 1. The van der Waals surface area contributed by atoms with Gasteiger partial charge in [0.15, 0.2) is 5.76 Å². The minimum atomic E-state index is -1.18. The third-order valence-electron chi connectivity index (χ3n) is 3.85. The van der Waals surface area contributed by atoms with Crippen molar-refractivity contribution in [3.8, 4) is 11.3 Å². The monoisotopic (exact) mass is 351 g/mol. The fourth-order valence-electron chi connectivity index (χ4n) is 2.64. The Morgan fingerprint density at radius 2 is 1.96 bits per heavy atom. The molecule has 132 valence electrons. The maximum Gasteiger partial charge on any atom is 0.341 e. The Morgan fingerprint density at radius 1 is 1.19 bits per heavy atom. The molecular formula is C19H17N3O4. The molecule has 7 nitrogen and oxygen atoms in total. The standard InChI is InChI=1S/C19H17N3O4/c1-12(21-15(23)10-13-6-3-2-4-7-13)18-16(19(24)25)17(22-26-18)14-8-5-9-20-11-14/h2-9,11-12H,10H2,1H3,(H,21,23)(H,24,25). The molecule has 0 aliphatic heterocycles. The number of amides is 1. The zero-order chi connectivity index (χ0) is 18.5. The van der Waals surface area contributed by atoms with Crippen molar-refractivity contribution in [2.24, 2.45) is 0 Å². The molecule has 3 rings (SSSR count). The summed E-state index contributed by atoms with van der Waals surface area (Å²) in [5.41, 5.74) is 1.50. The zero-order valence-corrected chi connectivity index (χ0v) is 14.0. The second kappa shape index (κ2) is 7.60. The molecule has 1 amide bonds. The SMILES string of the molecule is CC(NC(=O)Cc1ccccc1)c1onc(-c2cccnc2)c1C(=O)O. The van der Waals surface area contributed by atoms with Gasteiger partial charge in [-0.05, 0) is 24.6 Å². The predicted molar refractivity (Wildman–Crippen MR) is 93.4 cm³/mol. The maximum absolute atomic E-state index is 12.2. The van der Waals surface area contributed by atoms with Crippen LogP contribution in [0.1, 0.15) is 34.6 Å². The van der Waals surface area contributed by atoms with Crippen LogP contribution in [0, 0.1) is 0 Å². The third-order valence-corrected chi connectivity index (χ3v) is 3.85. The largest absolute Gasteiger partial charge is 0.477 e. The molecule has 1 atom stereocenters. The van der Waals surface area contributed by atoms with Crippen LogP contribution in [0.15, 0.2) is 59.4 Å². The number of rotatable bonds is 6. The highest BCUT2D eigenvalue weighted by Crippen LogP contribution is 2.28. The molecule has 0 spiro atoms. The van der Waals surface area contributed by atoms with Crippen LogP contribution in [0.5, 0.6) is 0 Å². The van der Waals surface area contributed by atoms with Crippen LogP contribution in [0.25, 0.3) is 11.3 Å². The average Bonchev–Trinajstić information content (AvgIpc) is 3.08. The molecule has 0 saturated heterocycles. The minimum Gasteiger partial charge on any atom is -0.477 e. The Balaban J connectivity index is 1.81. The Labute approximate surface area is 149 Å². The molecule has 2 N–H and O–H groups in total. The first-order chi connectivity index (χ1) is 12.6. The van der Waals surface area contributed by atoms with E-state index in [2.05, 4.69) is 15.5 Å². The maximum atomic E-state index is 12.2. The lowest BCUT2D eigenvalue weighted by Crippen LogP contribution is -2.28. The number of carbonyl (C=O) groups excluding carboxylic acids is 1. The minimum absolute atomic E-state index is 0.0782. The van der Waals surface area contributed by atoms with Gasteiger partial charge in [-0.25, -0.2) is 4.79 Å². The quantitative estimate of drug-likeness (QED) is 0.707. The van der Waals surface area contributed by atoms with Crippen molar-refractivity contribution >= 4 is 11.9 Å². The van der Waals surface area contributed by atoms with Crippen LogP contribution < -0.4 is 5.32 Å². The summed E-state index contributed by atoms with van der Waals surface area (Å²) in [6.45, 7) is 1.66. The van der Waals surface area contributed by atoms with Gasteiger partial charge in [0, 0.05) is 18.0 Å². The second-order valence-corrected chi connectivity index (χ2v) is 5.77. The summed E-state index contributed by atoms with van der Waals surface area (Å²) in [6, 6.07) is 12.0. The van der Waals surface area contributed by atoms with E-state index in [4.69, 9.17) is 4.52 Å². The van der Waals surface area contributed by atoms with Gasteiger partial charge in [-0.15, -0.1) is 0 Å². The highest BCUT2D eigenvalue weighted by Gasteiger charge is 2.28. The van der Waals surface area contributed by atoms with E-state index in [-0.39, 0.29) is 29.3 Å². The molecule has 7 heteroatoms. The number of aromatic nitrogens is 2. The molecule has 1 unspecified atom stereocenters. The molecule has 0 aliphatic carbocycles. The van der Waals surface area contributed by atoms with Crippen molar-refractivity contribution in [1.82, 2.24) is 15.5 Å². The first kappa shape index (κ1) is 17.3. The fourth-order valence-corrected chi connectivity index (χ4v) is 2.64.